The molecule has 3 rings (SSSR count). The first-order valence-corrected chi connectivity index (χ1v) is 8.33. The van der Waals surface area contributed by atoms with E-state index >= 15 is 0 Å². The molecule has 0 aliphatic carbocycles. The lowest BCUT2D eigenvalue weighted by atomic mass is 10.0. The molecule has 6 nitrogen and oxygen atoms in total. The van der Waals surface area contributed by atoms with Crippen LogP contribution in [-0.4, -0.2) is 54.5 Å². The molecule has 1 N–H and O–H groups in total. The topological polar surface area (TPSA) is 65.6 Å². The first kappa shape index (κ1) is 17.2. The Morgan fingerprint density at radius 3 is 2.68 bits per heavy atom. The number of nitrogens with one attached hydrogen (secondary N) is 1. The van der Waals surface area contributed by atoms with E-state index in [0.717, 1.165) is 23.6 Å². The summed E-state index contributed by atoms with van der Waals surface area (Å²) in [6, 6.07) is 11.2. The number of likely N-dealkylation sites (N-methyl/N-ethyl adjacent to an activating group) is 1. The molecule has 1 aromatic heterocycles. The van der Waals surface area contributed by atoms with Crippen LogP contribution in [0.3, 0.4) is 0 Å². The summed E-state index contributed by atoms with van der Waals surface area (Å²) in [6.45, 7) is 3.64. The maximum Gasteiger partial charge on any atom is 0.260 e. The van der Waals surface area contributed by atoms with Crippen molar-refractivity contribution in [3.05, 3.63) is 63.6 Å². The van der Waals surface area contributed by atoms with Crippen LogP contribution in [0.15, 0.2) is 41.2 Å². The van der Waals surface area contributed by atoms with E-state index in [0.29, 0.717) is 13.1 Å². The van der Waals surface area contributed by atoms with Crippen LogP contribution in [-0.2, 0) is 0 Å². The average molecular weight is 341 g/mol. The zero-order chi connectivity index (χ0) is 18.0. The third kappa shape index (κ3) is 3.44. The minimum Gasteiger partial charge on any atom is -0.496 e. The monoisotopic (exact) mass is 341 g/mol. The van der Waals surface area contributed by atoms with Crippen LogP contribution in [0.25, 0.3) is 0 Å². The van der Waals surface area contributed by atoms with Crippen molar-refractivity contribution in [3.8, 4) is 5.75 Å². The van der Waals surface area contributed by atoms with Crippen LogP contribution in [0, 0.1) is 6.92 Å². The van der Waals surface area contributed by atoms with Crippen molar-refractivity contribution in [1.29, 1.82) is 0 Å². The van der Waals surface area contributed by atoms with Crippen molar-refractivity contribution in [2.24, 2.45) is 0 Å². The minimum atomic E-state index is -0.335. The van der Waals surface area contributed by atoms with Gasteiger partial charge in [-0.1, -0.05) is 18.2 Å². The Morgan fingerprint density at radius 1 is 1.20 bits per heavy atom. The highest BCUT2D eigenvalue weighted by Crippen LogP contribution is 2.31. The fourth-order valence-corrected chi connectivity index (χ4v) is 3.25. The van der Waals surface area contributed by atoms with Crippen LogP contribution < -0.4 is 10.3 Å². The molecule has 1 atom stereocenters. The van der Waals surface area contributed by atoms with Gasteiger partial charge < -0.3 is 14.6 Å². The summed E-state index contributed by atoms with van der Waals surface area (Å²) in [4.78, 5) is 31.6. The lowest BCUT2D eigenvalue weighted by Gasteiger charge is -2.40. The molecular formula is C19H23N3O3. The zero-order valence-electron chi connectivity index (χ0n) is 14.8. The number of methoxy groups -OCH3 is 1. The highest BCUT2D eigenvalue weighted by molar-refractivity contribution is 5.94. The number of hydrogen-bond donors (Lipinski definition) is 1. The normalized spacial score (nSPS) is 18.2. The highest BCUT2D eigenvalue weighted by atomic mass is 16.5. The number of carbonyl (C=O) groups is 1. The molecule has 1 aliphatic heterocycles. The quantitative estimate of drug-likeness (QED) is 0.925. The third-order valence-electron chi connectivity index (χ3n) is 4.72. The maximum absolute atomic E-state index is 12.8. The van der Waals surface area contributed by atoms with Crippen LogP contribution in [0.2, 0.25) is 0 Å². The number of hydrogen-bond acceptors (Lipinski definition) is 4. The Bertz CT molecular complexity index is 831. The second kappa shape index (κ2) is 7.11. The van der Waals surface area contributed by atoms with Crippen LogP contribution in [0.5, 0.6) is 5.75 Å². The van der Waals surface area contributed by atoms with Crippen molar-refractivity contribution in [2.75, 3.05) is 33.8 Å². The number of aromatic amines is 1. The first-order chi connectivity index (χ1) is 12.0. The predicted octanol–water partition coefficient (Wildman–Crippen LogP) is 1.82. The van der Waals surface area contributed by atoms with Gasteiger partial charge >= 0.3 is 0 Å². The minimum absolute atomic E-state index is 0.0263. The Kier molecular flexibility index (Phi) is 4.90. The van der Waals surface area contributed by atoms with Gasteiger partial charge in [0.15, 0.2) is 0 Å². The number of aryl methyl sites for hydroxylation is 1. The number of para-hydroxylation sites is 1. The Labute approximate surface area is 147 Å². The largest absolute Gasteiger partial charge is 0.496 e. The van der Waals surface area contributed by atoms with Crippen molar-refractivity contribution in [3.63, 3.8) is 0 Å². The van der Waals surface area contributed by atoms with Gasteiger partial charge in [0.2, 0.25) is 0 Å². The molecule has 1 amide bonds. The van der Waals surface area contributed by atoms with Gasteiger partial charge in [0.1, 0.15) is 11.3 Å². The summed E-state index contributed by atoms with van der Waals surface area (Å²) < 4.78 is 5.47. The SMILES string of the molecule is COc1ccccc1C1CN(C(=O)c2ccc(C)[nH]c2=O)CCN1C. The molecule has 0 radical (unpaired) electrons. The molecule has 1 fully saturated rings. The summed E-state index contributed by atoms with van der Waals surface area (Å²) in [5, 5.41) is 0. The molecule has 1 aromatic carbocycles. The van der Waals surface area contributed by atoms with E-state index < -0.39 is 0 Å². The van der Waals surface area contributed by atoms with E-state index in [-0.39, 0.29) is 23.1 Å². The van der Waals surface area contributed by atoms with Gasteiger partial charge in [-0.05, 0) is 32.2 Å². The van der Waals surface area contributed by atoms with Gasteiger partial charge in [-0.25, -0.2) is 0 Å². The number of H-pyrrole nitrogens is 1. The Morgan fingerprint density at radius 2 is 1.96 bits per heavy atom. The molecule has 1 aliphatic rings. The standard InChI is InChI=1S/C19H23N3O3/c1-13-8-9-15(18(23)20-13)19(24)22-11-10-21(2)16(12-22)14-6-4-5-7-17(14)25-3/h4-9,16H,10-12H2,1-3H3,(H,20,23). The van der Waals surface area contributed by atoms with Gasteiger partial charge in [-0.15, -0.1) is 0 Å². The lowest BCUT2D eigenvalue weighted by Crippen LogP contribution is -2.49. The summed E-state index contributed by atoms with van der Waals surface area (Å²) in [6.07, 6.45) is 0. The summed E-state index contributed by atoms with van der Waals surface area (Å²) in [7, 11) is 3.69. The van der Waals surface area contributed by atoms with Gasteiger partial charge in [0.25, 0.3) is 11.5 Å². The molecule has 2 heterocycles. The fourth-order valence-electron chi connectivity index (χ4n) is 3.25. The second-order valence-electron chi connectivity index (χ2n) is 6.37. The van der Waals surface area contributed by atoms with Gasteiger partial charge in [0, 0.05) is 30.9 Å². The molecule has 6 heteroatoms. The lowest BCUT2D eigenvalue weighted by molar-refractivity contribution is 0.0540. The summed E-state index contributed by atoms with van der Waals surface area (Å²) in [5.41, 5.74) is 1.64. The number of nitrogens with zero attached hydrogens (tertiary/aromatic N) is 2. The smallest absolute Gasteiger partial charge is 0.260 e. The number of pyridine rings is 1. The molecule has 132 valence electrons. The van der Waals surface area contributed by atoms with Crippen molar-refractivity contribution >= 4 is 5.91 Å². The highest BCUT2D eigenvalue weighted by Gasteiger charge is 2.31. The summed E-state index contributed by atoms with van der Waals surface area (Å²) >= 11 is 0. The Balaban J connectivity index is 1.87. The number of ether oxygens (including phenoxy) is 1. The second-order valence-corrected chi connectivity index (χ2v) is 6.37. The fraction of sp³-hybridized carbons (Fsp3) is 0.368. The Hall–Kier alpha value is -2.60. The average Bonchev–Trinajstić information content (AvgIpc) is 2.61. The number of amides is 1. The van der Waals surface area contributed by atoms with Gasteiger partial charge in [-0.2, -0.15) is 0 Å². The summed E-state index contributed by atoms with van der Waals surface area (Å²) in [5.74, 6) is 0.580. The van der Waals surface area contributed by atoms with Crippen LogP contribution in [0.1, 0.15) is 27.7 Å². The van der Waals surface area contributed by atoms with Gasteiger partial charge in [0.05, 0.1) is 13.2 Å². The predicted molar refractivity (Wildman–Crippen MR) is 96.1 cm³/mol. The maximum atomic E-state index is 12.8. The number of carbonyl (C=O) groups excluding carboxylic acids is 1. The molecule has 1 saturated heterocycles. The zero-order valence-corrected chi connectivity index (χ0v) is 14.8. The van der Waals surface area contributed by atoms with E-state index in [4.69, 9.17) is 4.74 Å². The van der Waals surface area contributed by atoms with E-state index in [1.54, 1.807) is 31.1 Å². The van der Waals surface area contributed by atoms with Gasteiger partial charge in [-0.3, -0.25) is 14.5 Å². The van der Waals surface area contributed by atoms with Crippen LogP contribution >= 0.6 is 0 Å². The number of aromatic nitrogens is 1. The van der Waals surface area contributed by atoms with Crippen molar-refractivity contribution in [1.82, 2.24) is 14.8 Å². The van der Waals surface area contributed by atoms with E-state index in [2.05, 4.69) is 9.88 Å². The van der Waals surface area contributed by atoms with E-state index in [9.17, 15) is 9.59 Å². The number of piperazine rings is 1. The molecular weight excluding hydrogens is 318 g/mol. The molecule has 25 heavy (non-hydrogen) atoms. The molecule has 0 saturated carbocycles. The molecule has 2 aromatic rings. The number of rotatable bonds is 3. The molecule has 0 bridgehead atoms. The molecule has 1 unspecified atom stereocenters. The third-order valence-corrected chi connectivity index (χ3v) is 4.72. The first-order valence-electron chi connectivity index (χ1n) is 8.33. The number of benzene rings is 1. The van der Waals surface area contributed by atoms with E-state index in [1.165, 1.54) is 0 Å². The van der Waals surface area contributed by atoms with E-state index in [1.807, 2.05) is 31.3 Å². The van der Waals surface area contributed by atoms with Crippen molar-refractivity contribution in [2.45, 2.75) is 13.0 Å². The van der Waals surface area contributed by atoms with Crippen LogP contribution in [0.4, 0.5) is 0 Å². The molecule has 0 spiro atoms. The van der Waals surface area contributed by atoms with Crippen molar-refractivity contribution < 1.29 is 9.53 Å².